The van der Waals surface area contributed by atoms with Crippen LogP contribution in [0.1, 0.15) is 23.7 Å². The van der Waals surface area contributed by atoms with E-state index in [9.17, 15) is 9.18 Å². The van der Waals surface area contributed by atoms with Gasteiger partial charge in [-0.05, 0) is 46.5 Å². The lowest BCUT2D eigenvalue weighted by molar-refractivity contribution is 0.0946. The maximum absolute atomic E-state index is 13.0. The second-order valence-corrected chi connectivity index (χ2v) is 5.15. The van der Waals surface area contributed by atoms with Crippen molar-refractivity contribution < 1.29 is 9.18 Å². The number of alkyl halides is 1. The molecule has 1 amide bonds. The number of amides is 1. The molecule has 1 atom stereocenters. The summed E-state index contributed by atoms with van der Waals surface area (Å²) in [5.41, 5.74) is 0.308. The van der Waals surface area contributed by atoms with Crippen molar-refractivity contribution >= 4 is 33.4 Å². The van der Waals surface area contributed by atoms with Gasteiger partial charge in [0.2, 0.25) is 0 Å². The molecular formula is C12H14BrClFNO. The summed E-state index contributed by atoms with van der Waals surface area (Å²) in [5, 5.41) is 2.76. The molecule has 0 aliphatic carbocycles. The van der Waals surface area contributed by atoms with E-state index in [0.29, 0.717) is 28.4 Å². The highest BCUT2D eigenvalue weighted by Crippen LogP contribution is 2.17. The Labute approximate surface area is 114 Å². The van der Waals surface area contributed by atoms with Crippen LogP contribution in [0, 0.1) is 11.7 Å². The van der Waals surface area contributed by atoms with Crippen LogP contribution in [0.5, 0.6) is 0 Å². The fourth-order valence-electron chi connectivity index (χ4n) is 1.32. The van der Waals surface area contributed by atoms with E-state index in [0.717, 1.165) is 6.42 Å². The van der Waals surface area contributed by atoms with Crippen molar-refractivity contribution in [3.8, 4) is 0 Å². The maximum atomic E-state index is 13.0. The fraction of sp³-hybridized carbons (Fsp3) is 0.417. The number of carbonyl (C=O) groups excluding carboxylic acids is 1. The normalized spacial score (nSPS) is 12.2. The Bertz CT molecular complexity index is 400. The zero-order valence-electron chi connectivity index (χ0n) is 9.47. The molecule has 1 rings (SSSR count). The van der Waals surface area contributed by atoms with Crippen molar-refractivity contribution in [3.63, 3.8) is 0 Å². The molecule has 2 nitrogen and oxygen atoms in total. The van der Waals surface area contributed by atoms with Gasteiger partial charge in [-0.25, -0.2) is 4.39 Å². The summed E-state index contributed by atoms with van der Waals surface area (Å²) in [6.45, 7) is 2.54. The van der Waals surface area contributed by atoms with Crippen LogP contribution < -0.4 is 5.32 Å². The molecule has 0 aromatic heterocycles. The van der Waals surface area contributed by atoms with Crippen molar-refractivity contribution in [2.24, 2.45) is 5.92 Å². The lowest BCUT2D eigenvalue weighted by Gasteiger charge is -2.11. The minimum atomic E-state index is -0.424. The molecule has 1 N–H and O–H groups in total. The van der Waals surface area contributed by atoms with Crippen LogP contribution in [0.2, 0.25) is 0 Å². The molecule has 1 unspecified atom stereocenters. The standard InChI is InChI=1S/C12H14BrClFNO/c1-8(4-5-14)7-16-12(17)10-6-9(15)2-3-11(10)13/h2-3,6,8H,4-5,7H2,1H3,(H,16,17). The van der Waals surface area contributed by atoms with Crippen molar-refractivity contribution in [1.29, 1.82) is 0 Å². The van der Waals surface area contributed by atoms with E-state index in [2.05, 4.69) is 21.2 Å². The number of hydrogen-bond donors (Lipinski definition) is 1. The number of rotatable bonds is 5. The average Bonchev–Trinajstić information content (AvgIpc) is 2.29. The van der Waals surface area contributed by atoms with Crippen LogP contribution in [0.25, 0.3) is 0 Å². The summed E-state index contributed by atoms with van der Waals surface area (Å²) in [6, 6.07) is 4.04. The third-order valence-electron chi connectivity index (χ3n) is 2.39. The van der Waals surface area contributed by atoms with E-state index >= 15 is 0 Å². The average molecular weight is 323 g/mol. The minimum Gasteiger partial charge on any atom is -0.352 e. The largest absolute Gasteiger partial charge is 0.352 e. The van der Waals surface area contributed by atoms with Gasteiger partial charge in [0.25, 0.3) is 5.91 Å². The molecule has 1 aromatic carbocycles. The van der Waals surface area contributed by atoms with Crippen molar-refractivity contribution in [3.05, 3.63) is 34.1 Å². The molecule has 0 aliphatic heterocycles. The third-order valence-corrected chi connectivity index (χ3v) is 3.30. The van der Waals surface area contributed by atoms with E-state index in [1.54, 1.807) is 0 Å². The number of hydrogen-bond acceptors (Lipinski definition) is 1. The Morgan fingerprint density at radius 1 is 1.59 bits per heavy atom. The van der Waals surface area contributed by atoms with Gasteiger partial charge in [0, 0.05) is 16.9 Å². The molecule has 0 aliphatic rings. The summed E-state index contributed by atoms with van der Waals surface area (Å²) in [7, 11) is 0. The monoisotopic (exact) mass is 321 g/mol. The fourth-order valence-corrected chi connectivity index (χ4v) is 2.12. The predicted molar refractivity (Wildman–Crippen MR) is 70.9 cm³/mol. The zero-order chi connectivity index (χ0) is 12.8. The van der Waals surface area contributed by atoms with Crippen LogP contribution >= 0.6 is 27.5 Å². The second kappa shape index (κ2) is 6.97. The van der Waals surface area contributed by atoms with Gasteiger partial charge in [-0.1, -0.05) is 6.92 Å². The van der Waals surface area contributed by atoms with Crippen molar-refractivity contribution in [2.45, 2.75) is 13.3 Å². The van der Waals surface area contributed by atoms with Crippen LogP contribution in [0.3, 0.4) is 0 Å². The molecule has 17 heavy (non-hydrogen) atoms. The Kier molecular flexibility index (Phi) is 5.92. The van der Waals surface area contributed by atoms with Gasteiger partial charge in [-0.15, -0.1) is 11.6 Å². The first-order chi connectivity index (χ1) is 8.04. The number of benzene rings is 1. The smallest absolute Gasteiger partial charge is 0.252 e. The first kappa shape index (κ1) is 14.5. The summed E-state index contributed by atoms with van der Waals surface area (Å²) >= 11 is 8.83. The predicted octanol–water partition coefficient (Wildman–Crippen LogP) is 3.58. The SMILES string of the molecule is CC(CCCl)CNC(=O)c1cc(F)ccc1Br. The zero-order valence-corrected chi connectivity index (χ0v) is 11.8. The Balaban J connectivity index is 2.61. The summed E-state index contributed by atoms with van der Waals surface area (Å²) in [5.74, 6) is 0.175. The van der Waals surface area contributed by atoms with Gasteiger partial charge in [0.05, 0.1) is 5.56 Å². The number of halogens is 3. The first-order valence-electron chi connectivity index (χ1n) is 5.33. The molecule has 0 bridgehead atoms. The summed E-state index contributed by atoms with van der Waals surface area (Å²) < 4.78 is 13.6. The molecular weight excluding hydrogens is 308 g/mol. The van der Waals surface area contributed by atoms with Gasteiger partial charge in [-0.3, -0.25) is 4.79 Å². The molecule has 0 radical (unpaired) electrons. The van der Waals surface area contributed by atoms with Crippen molar-refractivity contribution in [1.82, 2.24) is 5.32 Å². The second-order valence-electron chi connectivity index (χ2n) is 3.92. The van der Waals surface area contributed by atoms with Crippen LogP contribution in [-0.4, -0.2) is 18.3 Å². The maximum Gasteiger partial charge on any atom is 0.252 e. The summed E-state index contributed by atoms with van der Waals surface area (Å²) in [4.78, 5) is 11.8. The molecule has 0 fully saturated rings. The van der Waals surface area contributed by atoms with Crippen LogP contribution in [-0.2, 0) is 0 Å². The lowest BCUT2D eigenvalue weighted by Crippen LogP contribution is -2.28. The van der Waals surface area contributed by atoms with E-state index in [1.807, 2.05) is 6.92 Å². The Morgan fingerprint density at radius 2 is 2.29 bits per heavy atom. The minimum absolute atomic E-state index is 0.280. The molecule has 0 spiro atoms. The highest BCUT2D eigenvalue weighted by Gasteiger charge is 2.11. The van der Waals surface area contributed by atoms with E-state index in [1.165, 1.54) is 18.2 Å². The molecule has 0 saturated carbocycles. The van der Waals surface area contributed by atoms with Crippen LogP contribution in [0.4, 0.5) is 4.39 Å². The topological polar surface area (TPSA) is 29.1 Å². The highest BCUT2D eigenvalue weighted by molar-refractivity contribution is 9.10. The number of nitrogens with one attached hydrogen (secondary N) is 1. The third kappa shape index (κ3) is 4.64. The van der Waals surface area contributed by atoms with E-state index in [-0.39, 0.29) is 5.91 Å². The van der Waals surface area contributed by atoms with Crippen LogP contribution in [0.15, 0.2) is 22.7 Å². The Morgan fingerprint density at radius 3 is 2.94 bits per heavy atom. The molecule has 1 aromatic rings. The van der Waals surface area contributed by atoms with Crippen molar-refractivity contribution in [2.75, 3.05) is 12.4 Å². The molecule has 94 valence electrons. The van der Waals surface area contributed by atoms with E-state index in [4.69, 9.17) is 11.6 Å². The highest BCUT2D eigenvalue weighted by atomic mass is 79.9. The van der Waals surface area contributed by atoms with Gasteiger partial charge < -0.3 is 5.32 Å². The van der Waals surface area contributed by atoms with Gasteiger partial charge >= 0.3 is 0 Å². The van der Waals surface area contributed by atoms with Gasteiger partial charge in [-0.2, -0.15) is 0 Å². The van der Waals surface area contributed by atoms with Gasteiger partial charge in [0.15, 0.2) is 0 Å². The lowest BCUT2D eigenvalue weighted by atomic mass is 10.1. The quantitative estimate of drug-likeness (QED) is 0.825. The van der Waals surface area contributed by atoms with E-state index < -0.39 is 5.82 Å². The molecule has 0 saturated heterocycles. The summed E-state index contributed by atoms with van der Waals surface area (Å²) in [6.07, 6.45) is 0.839. The Hall–Kier alpha value is -0.610. The molecule has 5 heteroatoms. The molecule has 0 heterocycles. The first-order valence-corrected chi connectivity index (χ1v) is 6.66. The number of carbonyl (C=O) groups is 1. The van der Waals surface area contributed by atoms with Gasteiger partial charge in [0.1, 0.15) is 5.82 Å².